The molecule has 1 atom stereocenters. The summed E-state index contributed by atoms with van der Waals surface area (Å²) < 4.78 is 0.890. The number of hydrogen-bond acceptors (Lipinski definition) is 2. The monoisotopic (exact) mass is 316 g/mol. The van der Waals surface area contributed by atoms with Gasteiger partial charge in [-0.2, -0.15) is 0 Å². The van der Waals surface area contributed by atoms with E-state index in [1.807, 2.05) is 19.1 Å². The number of halogens is 1. The zero-order valence-corrected chi connectivity index (χ0v) is 12.7. The Morgan fingerprint density at radius 1 is 1.50 bits per heavy atom. The van der Waals surface area contributed by atoms with Crippen LogP contribution in [0.3, 0.4) is 0 Å². The second-order valence-corrected chi connectivity index (χ2v) is 4.76. The normalized spacial score (nSPS) is 14.9. The molecule has 2 N–H and O–H groups in total. The lowest BCUT2D eigenvalue weighted by molar-refractivity contribution is -0.138. The summed E-state index contributed by atoms with van der Waals surface area (Å²) in [5.74, 6) is -0.287. The van der Waals surface area contributed by atoms with Crippen molar-refractivity contribution >= 4 is 27.7 Å². The topological polar surface area (TPSA) is 61.7 Å². The SMILES string of the molecule is CC/C=C/C(Br)=C\NC(C)=NC(CCC)C(=O)O. The van der Waals surface area contributed by atoms with E-state index in [1.54, 1.807) is 13.1 Å². The van der Waals surface area contributed by atoms with Crippen molar-refractivity contribution in [2.75, 3.05) is 0 Å². The maximum absolute atomic E-state index is 10.9. The number of amidine groups is 1. The van der Waals surface area contributed by atoms with Crippen LogP contribution in [0.25, 0.3) is 0 Å². The average molecular weight is 317 g/mol. The van der Waals surface area contributed by atoms with Crippen molar-refractivity contribution in [2.45, 2.75) is 46.1 Å². The van der Waals surface area contributed by atoms with E-state index in [0.717, 1.165) is 17.3 Å². The minimum atomic E-state index is -0.882. The van der Waals surface area contributed by atoms with Gasteiger partial charge in [0.15, 0.2) is 0 Å². The highest BCUT2D eigenvalue weighted by Gasteiger charge is 2.14. The molecular formula is C13H21BrN2O2. The Labute approximate surface area is 117 Å². The number of carboxylic acids is 1. The number of carbonyl (C=O) groups is 1. The largest absolute Gasteiger partial charge is 0.480 e. The lowest BCUT2D eigenvalue weighted by Crippen LogP contribution is -2.23. The molecule has 0 aromatic carbocycles. The lowest BCUT2D eigenvalue weighted by atomic mass is 10.2. The average Bonchev–Trinajstić information content (AvgIpc) is 2.33. The van der Waals surface area contributed by atoms with E-state index in [-0.39, 0.29) is 0 Å². The summed E-state index contributed by atoms with van der Waals surface area (Å²) in [6, 6.07) is -0.666. The molecule has 0 saturated heterocycles. The zero-order chi connectivity index (χ0) is 14.0. The maximum Gasteiger partial charge on any atom is 0.328 e. The predicted molar refractivity (Wildman–Crippen MR) is 79.0 cm³/mol. The Morgan fingerprint density at radius 2 is 2.17 bits per heavy atom. The Morgan fingerprint density at radius 3 is 2.67 bits per heavy atom. The number of hydrogen-bond donors (Lipinski definition) is 2. The van der Waals surface area contributed by atoms with Gasteiger partial charge in [-0.15, -0.1) is 0 Å². The van der Waals surface area contributed by atoms with Crippen molar-refractivity contribution in [2.24, 2.45) is 4.99 Å². The number of allylic oxidation sites excluding steroid dienone is 3. The van der Waals surface area contributed by atoms with Crippen molar-refractivity contribution < 1.29 is 9.90 Å². The number of aliphatic imine (C=N–C) groups is 1. The predicted octanol–water partition coefficient (Wildman–Crippen LogP) is 3.45. The molecule has 1 unspecified atom stereocenters. The number of nitrogens with one attached hydrogen (secondary N) is 1. The first-order chi connectivity index (χ1) is 8.51. The summed E-state index contributed by atoms with van der Waals surface area (Å²) in [5, 5.41) is 11.9. The fourth-order valence-electron chi connectivity index (χ4n) is 1.24. The van der Waals surface area contributed by atoms with E-state index in [0.29, 0.717) is 12.3 Å². The molecule has 0 aromatic rings. The highest BCUT2D eigenvalue weighted by Crippen LogP contribution is 2.06. The van der Waals surface area contributed by atoms with Gasteiger partial charge in [-0.05, 0) is 35.7 Å². The summed E-state index contributed by atoms with van der Waals surface area (Å²) in [7, 11) is 0. The summed E-state index contributed by atoms with van der Waals surface area (Å²) in [6.07, 6.45) is 8.01. The third-order valence-electron chi connectivity index (χ3n) is 2.13. The van der Waals surface area contributed by atoms with E-state index in [1.165, 1.54) is 0 Å². The van der Waals surface area contributed by atoms with Crippen LogP contribution < -0.4 is 5.32 Å². The Kier molecular flexibility index (Phi) is 9.28. The first-order valence-corrected chi connectivity index (χ1v) is 6.86. The molecule has 0 radical (unpaired) electrons. The van der Waals surface area contributed by atoms with E-state index in [4.69, 9.17) is 5.11 Å². The van der Waals surface area contributed by atoms with Crippen molar-refractivity contribution in [1.82, 2.24) is 5.32 Å². The molecule has 0 aliphatic rings. The fraction of sp³-hybridized carbons (Fsp3) is 0.538. The molecule has 0 amide bonds. The standard InChI is InChI=1S/C13H21BrN2O2/c1-4-6-8-11(14)9-15-10(3)16-12(7-5-2)13(17)18/h6,8-9,12H,4-5,7H2,1-3H3,(H,15,16)(H,17,18)/b8-6+,11-9+. The van der Waals surface area contributed by atoms with Gasteiger partial charge in [0.1, 0.15) is 6.04 Å². The smallest absolute Gasteiger partial charge is 0.328 e. The Bertz CT molecular complexity index is 349. The second-order valence-electron chi connectivity index (χ2n) is 3.84. The summed E-state index contributed by atoms with van der Waals surface area (Å²) in [6.45, 7) is 5.76. The molecule has 0 aliphatic heterocycles. The first-order valence-electron chi connectivity index (χ1n) is 6.07. The van der Waals surface area contributed by atoms with Crippen LogP contribution in [0.4, 0.5) is 0 Å². The molecule has 0 fully saturated rings. The van der Waals surface area contributed by atoms with Crippen LogP contribution in [0.15, 0.2) is 27.8 Å². The second kappa shape index (κ2) is 9.88. The molecule has 102 valence electrons. The van der Waals surface area contributed by atoms with Gasteiger partial charge >= 0.3 is 5.97 Å². The molecule has 0 bridgehead atoms. The molecule has 0 aromatic heterocycles. The lowest BCUT2D eigenvalue weighted by Gasteiger charge is -2.08. The molecule has 18 heavy (non-hydrogen) atoms. The van der Waals surface area contributed by atoms with Gasteiger partial charge in [-0.1, -0.05) is 32.4 Å². The van der Waals surface area contributed by atoms with Crippen molar-refractivity contribution in [3.8, 4) is 0 Å². The highest BCUT2D eigenvalue weighted by molar-refractivity contribution is 9.11. The van der Waals surface area contributed by atoms with E-state index in [9.17, 15) is 4.79 Å². The minimum absolute atomic E-state index is 0.551. The molecule has 4 nitrogen and oxygen atoms in total. The Balaban J connectivity index is 4.49. The third-order valence-corrected chi connectivity index (χ3v) is 2.62. The van der Waals surface area contributed by atoms with Gasteiger partial charge in [0.05, 0.1) is 5.84 Å². The number of carboxylic acid groups (broad SMARTS) is 1. The van der Waals surface area contributed by atoms with Crippen LogP contribution in [0, 0.1) is 0 Å². The zero-order valence-electron chi connectivity index (χ0n) is 11.1. The van der Waals surface area contributed by atoms with Crippen LogP contribution in [0.2, 0.25) is 0 Å². The van der Waals surface area contributed by atoms with Crippen molar-refractivity contribution in [3.63, 3.8) is 0 Å². The molecule has 0 saturated carbocycles. The number of nitrogens with zero attached hydrogens (tertiary/aromatic N) is 1. The molecule has 0 aliphatic carbocycles. The van der Waals surface area contributed by atoms with Gasteiger partial charge in [0.25, 0.3) is 0 Å². The van der Waals surface area contributed by atoms with Gasteiger partial charge in [0.2, 0.25) is 0 Å². The molecule has 5 heteroatoms. The Hall–Kier alpha value is -1.10. The molecule has 0 heterocycles. The van der Waals surface area contributed by atoms with Crippen LogP contribution >= 0.6 is 15.9 Å². The first kappa shape index (κ1) is 16.9. The van der Waals surface area contributed by atoms with E-state index in [2.05, 4.69) is 33.2 Å². The summed E-state index contributed by atoms with van der Waals surface area (Å²) in [4.78, 5) is 15.1. The molecule has 0 rings (SSSR count). The maximum atomic E-state index is 10.9. The van der Waals surface area contributed by atoms with Crippen LogP contribution in [0.1, 0.15) is 40.0 Å². The number of aliphatic carboxylic acids is 1. The molecular weight excluding hydrogens is 296 g/mol. The highest BCUT2D eigenvalue weighted by atomic mass is 79.9. The minimum Gasteiger partial charge on any atom is -0.480 e. The van der Waals surface area contributed by atoms with Crippen molar-refractivity contribution in [3.05, 3.63) is 22.8 Å². The van der Waals surface area contributed by atoms with Gasteiger partial charge in [-0.3, -0.25) is 4.99 Å². The fourth-order valence-corrected chi connectivity index (χ4v) is 1.54. The quantitative estimate of drug-likeness (QED) is 0.429. The number of rotatable bonds is 7. The third kappa shape index (κ3) is 8.06. The molecule has 0 spiro atoms. The van der Waals surface area contributed by atoms with Crippen LogP contribution in [-0.4, -0.2) is 23.0 Å². The van der Waals surface area contributed by atoms with Gasteiger partial charge in [-0.25, -0.2) is 4.79 Å². The summed E-state index contributed by atoms with van der Waals surface area (Å²) in [5.41, 5.74) is 0. The van der Waals surface area contributed by atoms with Gasteiger partial charge in [0, 0.05) is 10.7 Å². The van der Waals surface area contributed by atoms with Crippen molar-refractivity contribution in [1.29, 1.82) is 0 Å². The van der Waals surface area contributed by atoms with Gasteiger partial charge < -0.3 is 10.4 Å². The van der Waals surface area contributed by atoms with Crippen LogP contribution in [-0.2, 0) is 4.79 Å². The van der Waals surface area contributed by atoms with E-state index >= 15 is 0 Å². The van der Waals surface area contributed by atoms with E-state index < -0.39 is 12.0 Å². The van der Waals surface area contributed by atoms with Crippen LogP contribution in [0.5, 0.6) is 0 Å². The summed E-state index contributed by atoms with van der Waals surface area (Å²) >= 11 is 3.37.